The number of carbonyl (C=O) groups excluding carboxylic acids is 1. The number of amides is 1. The summed E-state index contributed by atoms with van der Waals surface area (Å²) in [6.07, 6.45) is 1.63. The van der Waals surface area contributed by atoms with Crippen LogP contribution in [0.3, 0.4) is 0 Å². The minimum atomic E-state index is -0.349. The zero-order valence-corrected chi connectivity index (χ0v) is 20.4. The second kappa shape index (κ2) is 10.4. The van der Waals surface area contributed by atoms with Gasteiger partial charge in [-0.3, -0.25) is 14.5 Å². The molecule has 8 nitrogen and oxygen atoms in total. The molecule has 1 aliphatic rings. The number of hydrogen-bond donors (Lipinski definition) is 1. The molecule has 1 aromatic carbocycles. The molecule has 0 unspecified atom stereocenters. The number of hydrogen-bond acceptors (Lipinski definition) is 7. The summed E-state index contributed by atoms with van der Waals surface area (Å²) in [6.45, 7) is 5.64. The largest absolute Gasteiger partial charge is 0.339 e. The normalized spacial score (nSPS) is 14.4. The van der Waals surface area contributed by atoms with Crippen LogP contribution in [0.1, 0.15) is 28.2 Å². The molecule has 0 spiro atoms. The van der Waals surface area contributed by atoms with Crippen molar-refractivity contribution >= 4 is 17.2 Å². The zero-order chi connectivity index (χ0) is 24.2. The summed E-state index contributed by atoms with van der Waals surface area (Å²) < 4.78 is 5.37. The number of H-pyrrole nitrogens is 1. The lowest BCUT2D eigenvalue weighted by molar-refractivity contribution is 0.0634. The lowest BCUT2D eigenvalue weighted by Crippen LogP contribution is -2.49. The van der Waals surface area contributed by atoms with Crippen LogP contribution in [0.25, 0.3) is 22.0 Å². The van der Waals surface area contributed by atoms with Gasteiger partial charge in [0.2, 0.25) is 11.7 Å². The molecule has 5 rings (SSSR count). The number of carbonyl (C=O) groups is 1. The second-order valence-electron chi connectivity index (χ2n) is 8.71. The number of nitrogens with one attached hydrogen (secondary N) is 1. The van der Waals surface area contributed by atoms with E-state index in [1.807, 2.05) is 48.7 Å². The smallest absolute Gasteiger partial charge is 0.261 e. The number of aromatic nitrogens is 3. The topological polar surface area (TPSA) is 95.3 Å². The average Bonchev–Trinajstić information content (AvgIpc) is 3.56. The van der Waals surface area contributed by atoms with E-state index >= 15 is 0 Å². The molecule has 1 fully saturated rings. The SMILES string of the molecule is Cc1cccc(-c2ccc(C(=O)N3CCN(CCCc4nc(-c5cccs5)no4)CC3)c(=O)[nH]2)c1. The van der Waals surface area contributed by atoms with Gasteiger partial charge in [0, 0.05) is 38.3 Å². The highest BCUT2D eigenvalue weighted by molar-refractivity contribution is 7.13. The molecule has 0 saturated carbocycles. The Morgan fingerprint density at radius 3 is 2.71 bits per heavy atom. The van der Waals surface area contributed by atoms with Gasteiger partial charge < -0.3 is 14.4 Å². The Morgan fingerprint density at radius 2 is 1.97 bits per heavy atom. The maximum Gasteiger partial charge on any atom is 0.261 e. The van der Waals surface area contributed by atoms with E-state index in [-0.39, 0.29) is 17.0 Å². The Bertz CT molecular complexity index is 1350. The number of pyridine rings is 1. The van der Waals surface area contributed by atoms with Crippen molar-refractivity contribution in [3.63, 3.8) is 0 Å². The van der Waals surface area contributed by atoms with E-state index in [2.05, 4.69) is 20.0 Å². The molecule has 3 aromatic heterocycles. The minimum Gasteiger partial charge on any atom is -0.339 e. The van der Waals surface area contributed by atoms with Crippen LogP contribution in [0.15, 0.2) is 63.2 Å². The van der Waals surface area contributed by atoms with Crippen molar-refractivity contribution < 1.29 is 9.32 Å². The Morgan fingerprint density at radius 1 is 1.11 bits per heavy atom. The van der Waals surface area contributed by atoms with Crippen molar-refractivity contribution in [3.8, 4) is 22.0 Å². The van der Waals surface area contributed by atoms with Crippen LogP contribution < -0.4 is 5.56 Å². The number of rotatable bonds is 7. The summed E-state index contributed by atoms with van der Waals surface area (Å²) in [5.41, 5.74) is 2.59. The van der Waals surface area contributed by atoms with E-state index in [1.165, 1.54) is 0 Å². The lowest BCUT2D eigenvalue weighted by Gasteiger charge is -2.34. The van der Waals surface area contributed by atoms with Gasteiger partial charge in [-0.25, -0.2) is 0 Å². The summed E-state index contributed by atoms with van der Waals surface area (Å²) in [5.74, 6) is 1.08. The fourth-order valence-electron chi connectivity index (χ4n) is 4.28. The van der Waals surface area contributed by atoms with Crippen molar-refractivity contribution in [3.05, 3.63) is 81.3 Å². The van der Waals surface area contributed by atoms with E-state index in [9.17, 15) is 9.59 Å². The Kier molecular flexibility index (Phi) is 6.87. The van der Waals surface area contributed by atoms with Crippen LogP contribution >= 0.6 is 11.3 Å². The first-order valence-electron chi connectivity index (χ1n) is 11.8. The van der Waals surface area contributed by atoms with Crippen LogP contribution in [-0.4, -0.2) is 63.6 Å². The van der Waals surface area contributed by atoms with Crippen LogP contribution in [0, 0.1) is 6.92 Å². The number of aromatic amines is 1. The van der Waals surface area contributed by atoms with Gasteiger partial charge >= 0.3 is 0 Å². The van der Waals surface area contributed by atoms with Gasteiger partial charge in [-0.2, -0.15) is 4.98 Å². The number of thiophene rings is 1. The molecule has 0 atom stereocenters. The summed E-state index contributed by atoms with van der Waals surface area (Å²) in [5, 5.41) is 6.05. The van der Waals surface area contributed by atoms with Crippen molar-refractivity contribution in [1.29, 1.82) is 0 Å². The van der Waals surface area contributed by atoms with Crippen molar-refractivity contribution in [2.45, 2.75) is 19.8 Å². The summed E-state index contributed by atoms with van der Waals surface area (Å²) in [4.78, 5) is 38.1. The predicted octanol–water partition coefficient (Wildman–Crippen LogP) is 3.85. The van der Waals surface area contributed by atoms with E-state index in [1.54, 1.807) is 28.4 Å². The van der Waals surface area contributed by atoms with E-state index in [4.69, 9.17) is 4.52 Å². The van der Waals surface area contributed by atoms with Gasteiger partial charge in [0.1, 0.15) is 5.56 Å². The molecule has 9 heteroatoms. The molecule has 4 heterocycles. The highest BCUT2D eigenvalue weighted by atomic mass is 32.1. The van der Waals surface area contributed by atoms with Crippen molar-refractivity contribution in [2.75, 3.05) is 32.7 Å². The minimum absolute atomic E-state index is 0.188. The lowest BCUT2D eigenvalue weighted by atomic mass is 10.1. The maximum absolute atomic E-state index is 13.0. The van der Waals surface area contributed by atoms with Crippen LogP contribution in [-0.2, 0) is 6.42 Å². The molecule has 0 aliphatic carbocycles. The molecule has 35 heavy (non-hydrogen) atoms. The van der Waals surface area contributed by atoms with Gasteiger partial charge in [-0.1, -0.05) is 35.0 Å². The zero-order valence-electron chi connectivity index (χ0n) is 19.6. The maximum atomic E-state index is 13.0. The molecule has 180 valence electrons. The Labute approximate surface area is 207 Å². The summed E-state index contributed by atoms with van der Waals surface area (Å²) in [6, 6.07) is 15.3. The van der Waals surface area contributed by atoms with Crippen molar-refractivity contribution in [2.24, 2.45) is 0 Å². The first-order chi connectivity index (χ1) is 17.1. The highest BCUT2D eigenvalue weighted by Crippen LogP contribution is 2.22. The first kappa shape index (κ1) is 23.2. The third-order valence-electron chi connectivity index (χ3n) is 6.20. The second-order valence-corrected chi connectivity index (χ2v) is 9.66. The predicted molar refractivity (Wildman–Crippen MR) is 136 cm³/mol. The molecule has 0 radical (unpaired) electrons. The van der Waals surface area contributed by atoms with E-state index < -0.39 is 0 Å². The third kappa shape index (κ3) is 5.41. The molecule has 1 aliphatic heterocycles. The molecule has 4 aromatic rings. The van der Waals surface area contributed by atoms with Crippen molar-refractivity contribution in [1.82, 2.24) is 24.9 Å². The fraction of sp³-hybridized carbons (Fsp3) is 0.308. The number of piperazine rings is 1. The van der Waals surface area contributed by atoms with Gasteiger partial charge in [0.25, 0.3) is 11.5 Å². The number of benzene rings is 1. The molecule has 1 amide bonds. The molecule has 1 saturated heterocycles. The monoisotopic (exact) mass is 489 g/mol. The van der Waals surface area contributed by atoms with Gasteiger partial charge in [0.15, 0.2) is 0 Å². The molecule has 0 bridgehead atoms. The van der Waals surface area contributed by atoms with Gasteiger partial charge in [0.05, 0.1) is 4.88 Å². The quantitative estimate of drug-likeness (QED) is 0.424. The number of nitrogens with zero attached hydrogens (tertiary/aromatic N) is 4. The number of aryl methyl sites for hydroxylation is 2. The van der Waals surface area contributed by atoms with E-state index in [0.717, 1.165) is 48.5 Å². The molecular formula is C26H27N5O3S. The van der Waals surface area contributed by atoms with Crippen LogP contribution in [0.2, 0.25) is 0 Å². The van der Waals surface area contributed by atoms with Gasteiger partial charge in [-0.15, -0.1) is 11.3 Å². The van der Waals surface area contributed by atoms with Crippen LogP contribution in [0.4, 0.5) is 0 Å². The Hall–Kier alpha value is -3.56. The summed E-state index contributed by atoms with van der Waals surface area (Å²) in [7, 11) is 0. The first-order valence-corrected chi connectivity index (χ1v) is 12.6. The molecule has 1 N–H and O–H groups in total. The summed E-state index contributed by atoms with van der Waals surface area (Å²) >= 11 is 1.59. The standard InChI is InChI=1S/C26H27N5O3S/c1-18-5-2-6-19(17-18)21-10-9-20(25(32)27-21)26(33)31-14-12-30(13-15-31)11-3-8-23-28-24(29-34-23)22-7-4-16-35-22/h2,4-7,9-10,16-17H,3,8,11-15H2,1H3,(H,27,32). The highest BCUT2D eigenvalue weighted by Gasteiger charge is 2.24. The fourth-order valence-corrected chi connectivity index (χ4v) is 4.93. The third-order valence-corrected chi connectivity index (χ3v) is 7.07. The van der Waals surface area contributed by atoms with Gasteiger partial charge in [-0.05, 0) is 55.1 Å². The molecular weight excluding hydrogens is 462 g/mol. The Balaban J connectivity index is 1.11. The average molecular weight is 490 g/mol. The van der Waals surface area contributed by atoms with Crippen LogP contribution in [0.5, 0.6) is 0 Å². The van der Waals surface area contributed by atoms with E-state index in [0.29, 0.717) is 30.5 Å².